The average molecular weight is 191 g/mol. The van der Waals surface area contributed by atoms with Crippen LogP contribution >= 0.6 is 0 Å². The van der Waals surface area contributed by atoms with E-state index in [1.54, 1.807) is 0 Å². The van der Waals surface area contributed by atoms with Gasteiger partial charge in [-0.3, -0.25) is 0 Å². The van der Waals surface area contributed by atoms with Gasteiger partial charge in [0.25, 0.3) is 11.0 Å². The van der Waals surface area contributed by atoms with Crippen molar-refractivity contribution in [2.45, 2.75) is 0 Å². The van der Waals surface area contributed by atoms with E-state index in [0.717, 1.165) is 0 Å². The molecule has 0 aliphatic carbocycles. The monoisotopic (exact) mass is 191 g/mol. The fraction of sp³-hybridized carbons (Fsp3) is 0. The van der Waals surface area contributed by atoms with Gasteiger partial charge in [-0.05, 0) is 0 Å². The molecule has 0 aliphatic heterocycles. The number of thiol groups is 1. The van der Waals surface area contributed by atoms with Crippen LogP contribution in [0.5, 0.6) is 0 Å². The van der Waals surface area contributed by atoms with Crippen LogP contribution < -0.4 is 0 Å². The molecule has 0 bridgehead atoms. The summed E-state index contributed by atoms with van der Waals surface area (Å²) in [7, 11) is -8.42. The van der Waals surface area contributed by atoms with Gasteiger partial charge in [-0.2, -0.15) is 8.42 Å². The Kier molecular flexibility index (Phi) is 3.18. The summed E-state index contributed by atoms with van der Waals surface area (Å²) in [4.78, 5) is 9.07. The summed E-state index contributed by atoms with van der Waals surface area (Å²) in [5.74, 6) is 0. The van der Waals surface area contributed by atoms with E-state index in [0.29, 0.717) is 0 Å². The average Bonchev–Trinajstić information content (AvgIpc) is 1.59. The van der Waals surface area contributed by atoms with Gasteiger partial charge >= 0.3 is 10.4 Å². The number of hydrogen-bond acceptors (Lipinski definition) is 8. The lowest BCUT2D eigenvalue weighted by atomic mass is 13.4. The Balaban J connectivity index is 4.29. The number of rotatable bonds is 4. The van der Waals surface area contributed by atoms with Crippen molar-refractivity contribution >= 4 is 21.4 Å². The molecule has 0 aliphatic rings. The van der Waals surface area contributed by atoms with Gasteiger partial charge in [0.05, 0.1) is 0 Å². The maximum Gasteiger partial charge on any atom is 0.486 e. The minimum atomic E-state index is -4.81. The molecule has 10 heteroatoms. The van der Waals surface area contributed by atoms with Gasteiger partial charge in [0.1, 0.15) is 0 Å². The zero-order chi connectivity index (χ0) is 8.20. The van der Waals surface area contributed by atoms with E-state index >= 15 is 0 Å². The molecule has 0 N–H and O–H groups in total. The normalized spacial score (nSPS) is 11.3. The lowest BCUT2D eigenvalue weighted by molar-refractivity contribution is 0.287. The summed E-state index contributed by atoms with van der Waals surface area (Å²) in [6.07, 6.45) is 0. The van der Waals surface area contributed by atoms with E-state index in [4.69, 9.17) is 4.91 Å². The predicted molar refractivity (Wildman–Crippen MR) is 27.2 cm³/mol. The van der Waals surface area contributed by atoms with Crippen molar-refractivity contribution in [3.8, 4) is 0 Å². The first-order valence-electron chi connectivity index (χ1n) is 1.58. The molecule has 0 saturated heterocycles. The van der Waals surface area contributed by atoms with Crippen molar-refractivity contribution in [3.63, 3.8) is 0 Å². The molecule has 0 amide bonds. The lowest BCUT2D eigenvalue weighted by Gasteiger charge is -1.88. The van der Waals surface area contributed by atoms with Crippen LogP contribution in [0.4, 0.5) is 0 Å². The standard InChI is InChI=1S/HNO7S2/c2-1-7-10(5,6)8-9(3)4/h9H. The first kappa shape index (κ1) is 9.26. The van der Waals surface area contributed by atoms with Gasteiger partial charge in [0, 0.05) is 0 Å². The van der Waals surface area contributed by atoms with Gasteiger partial charge in [-0.1, -0.05) is 0 Å². The minimum absolute atomic E-state index is 1.43. The third kappa shape index (κ3) is 4.17. The van der Waals surface area contributed by atoms with Crippen molar-refractivity contribution in [2.75, 3.05) is 0 Å². The summed E-state index contributed by atoms with van der Waals surface area (Å²) in [5, 5.41) is 1.43. The molecule has 0 heterocycles. The topological polar surface area (TPSA) is 116 Å². The Labute approximate surface area is 57.2 Å². The second kappa shape index (κ2) is 3.43. The van der Waals surface area contributed by atoms with Gasteiger partial charge in [0.2, 0.25) is 0 Å². The third-order valence-corrected chi connectivity index (χ3v) is 1.73. The highest BCUT2D eigenvalue weighted by molar-refractivity contribution is 7.89. The summed E-state index contributed by atoms with van der Waals surface area (Å²) < 4.78 is 44.9. The third-order valence-electron chi connectivity index (χ3n) is 0.274. The number of nitrogens with zero attached hydrogens (tertiary/aromatic N) is 1. The molecular weight excluding hydrogens is 190 g/mol. The second-order valence-electron chi connectivity index (χ2n) is 0.855. The first-order valence-corrected chi connectivity index (χ1v) is 4.01. The van der Waals surface area contributed by atoms with Crippen molar-refractivity contribution in [2.24, 2.45) is 5.34 Å². The SMILES string of the molecule is O=NOS(=O)(=O)O[SH](=O)=O. The molecule has 60 valence electrons. The molecule has 0 saturated carbocycles. The summed E-state index contributed by atoms with van der Waals surface area (Å²) >= 11 is 0. The van der Waals surface area contributed by atoms with Crippen LogP contribution in [0.3, 0.4) is 0 Å². The molecule has 0 rings (SSSR count). The zero-order valence-electron chi connectivity index (χ0n) is 4.16. The molecular formula is HNO7S2. The zero-order valence-corrected chi connectivity index (χ0v) is 5.87. The maximum absolute atomic E-state index is 9.92. The van der Waals surface area contributed by atoms with E-state index in [-0.39, 0.29) is 0 Å². The van der Waals surface area contributed by atoms with Crippen LogP contribution in [0.25, 0.3) is 0 Å². The first-order chi connectivity index (χ1) is 4.48. The van der Waals surface area contributed by atoms with E-state index in [2.05, 4.69) is 7.91 Å². The van der Waals surface area contributed by atoms with E-state index in [1.165, 1.54) is 5.34 Å². The van der Waals surface area contributed by atoms with Crippen LogP contribution in [0.2, 0.25) is 0 Å². The maximum atomic E-state index is 9.92. The minimum Gasteiger partial charge on any atom is -0.209 e. The summed E-state index contributed by atoms with van der Waals surface area (Å²) in [6, 6.07) is 0. The lowest BCUT2D eigenvalue weighted by Crippen LogP contribution is -2.04. The van der Waals surface area contributed by atoms with Crippen LogP contribution in [0.1, 0.15) is 0 Å². The molecule has 0 atom stereocenters. The van der Waals surface area contributed by atoms with Crippen LogP contribution in [0.15, 0.2) is 5.34 Å². The Morgan fingerprint density at radius 3 is 2.10 bits per heavy atom. The fourth-order valence-corrected chi connectivity index (χ4v) is 0.905. The van der Waals surface area contributed by atoms with Gasteiger partial charge < -0.3 is 0 Å². The second-order valence-corrected chi connectivity index (χ2v) is 2.86. The quantitative estimate of drug-likeness (QED) is 0.325. The van der Waals surface area contributed by atoms with Gasteiger partial charge in [-0.15, -0.1) is 8.54 Å². The smallest absolute Gasteiger partial charge is 0.209 e. The fourth-order valence-electron chi connectivity index (χ4n) is 0.125. The van der Waals surface area contributed by atoms with E-state index in [1.807, 2.05) is 0 Å². The highest BCUT2D eigenvalue weighted by atomic mass is 32.3. The Morgan fingerprint density at radius 2 is 1.80 bits per heavy atom. The molecule has 8 nitrogen and oxygen atoms in total. The molecule has 0 fully saturated rings. The predicted octanol–water partition coefficient (Wildman–Crippen LogP) is -1.53. The van der Waals surface area contributed by atoms with E-state index < -0.39 is 21.4 Å². The Bertz CT molecular complexity index is 260. The number of hydrogen-bond donors (Lipinski definition) is 1. The largest absolute Gasteiger partial charge is 0.486 e. The highest BCUT2D eigenvalue weighted by Crippen LogP contribution is 1.94. The Morgan fingerprint density at radius 1 is 1.30 bits per heavy atom. The Hall–Kier alpha value is -0.740. The van der Waals surface area contributed by atoms with Crippen LogP contribution in [-0.2, 0) is 29.3 Å². The van der Waals surface area contributed by atoms with Crippen molar-refractivity contribution in [1.82, 2.24) is 0 Å². The van der Waals surface area contributed by atoms with Gasteiger partial charge in [0.15, 0.2) is 5.34 Å². The molecule has 0 aromatic carbocycles. The van der Waals surface area contributed by atoms with Crippen LogP contribution in [-0.4, -0.2) is 16.8 Å². The molecule has 0 radical (unpaired) electrons. The molecule has 0 aromatic heterocycles. The molecule has 0 spiro atoms. The molecule has 0 unspecified atom stereocenters. The van der Waals surface area contributed by atoms with Crippen LogP contribution in [0, 0.1) is 4.91 Å². The van der Waals surface area contributed by atoms with Gasteiger partial charge in [-0.25, -0.2) is 12.7 Å². The van der Waals surface area contributed by atoms with Crippen molar-refractivity contribution in [3.05, 3.63) is 4.91 Å². The molecule has 0 aromatic rings. The van der Waals surface area contributed by atoms with E-state index in [9.17, 15) is 16.8 Å². The highest BCUT2D eigenvalue weighted by Gasteiger charge is 2.14. The van der Waals surface area contributed by atoms with Crippen molar-refractivity contribution < 1.29 is 24.7 Å². The van der Waals surface area contributed by atoms with Crippen molar-refractivity contribution in [1.29, 1.82) is 0 Å². The summed E-state index contributed by atoms with van der Waals surface area (Å²) in [6.45, 7) is 0. The summed E-state index contributed by atoms with van der Waals surface area (Å²) in [5.41, 5.74) is 0. The molecule has 10 heavy (non-hydrogen) atoms.